The SMILES string of the molecule is CC(N)C1CCCN(C(=O)c2cc(-c3ccco3)[nH]n2)C1.Cl. The average molecular weight is 325 g/mol. The normalized spacial score (nSPS) is 19.5. The zero-order chi connectivity index (χ0) is 14.8. The minimum absolute atomic E-state index is 0. The third-order valence-electron chi connectivity index (χ3n) is 4.07. The molecule has 2 unspecified atom stereocenters. The van der Waals surface area contributed by atoms with Crippen LogP contribution in [0, 0.1) is 5.92 Å². The molecule has 22 heavy (non-hydrogen) atoms. The number of piperidine rings is 1. The molecular weight excluding hydrogens is 304 g/mol. The molecule has 1 aliphatic rings. The first-order valence-corrected chi connectivity index (χ1v) is 7.29. The number of halogens is 1. The Balaban J connectivity index is 0.00000176. The van der Waals surface area contributed by atoms with E-state index < -0.39 is 0 Å². The third-order valence-corrected chi connectivity index (χ3v) is 4.07. The Hall–Kier alpha value is -1.79. The summed E-state index contributed by atoms with van der Waals surface area (Å²) in [5.41, 5.74) is 7.10. The molecule has 0 aliphatic carbocycles. The lowest BCUT2D eigenvalue weighted by molar-refractivity contribution is 0.0655. The fourth-order valence-electron chi connectivity index (χ4n) is 2.77. The maximum absolute atomic E-state index is 12.5. The van der Waals surface area contributed by atoms with Gasteiger partial charge in [0.1, 0.15) is 5.69 Å². The van der Waals surface area contributed by atoms with Gasteiger partial charge in [-0.05, 0) is 37.8 Å². The number of likely N-dealkylation sites (tertiary alicyclic amines) is 1. The second kappa shape index (κ2) is 6.98. The number of rotatable bonds is 3. The number of furan rings is 1. The quantitative estimate of drug-likeness (QED) is 0.906. The standard InChI is InChI=1S/C15H20N4O2.ClH/c1-10(16)11-4-2-6-19(9-11)15(20)13-8-12(17-18-13)14-5-3-7-21-14;/h3,5,7-8,10-11H,2,4,6,9,16H2,1H3,(H,17,18);1H. The number of hydrogen-bond acceptors (Lipinski definition) is 4. The molecule has 0 bridgehead atoms. The van der Waals surface area contributed by atoms with Crippen LogP contribution in [0.4, 0.5) is 0 Å². The molecule has 0 spiro atoms. The molecule has 1 amide bonds. The molecule has 2 aromatic rings. The molecule has 1 fully saturated rings. The van der Waals surface area contributed by atoms with Gasteiger partial charge in [-0.1, -0.05) is 0 Å². The highest BCUT2D eigenvalue weighted by molar-refractivity contribution is 5.93. The van der Waals surface area contributed by atoms with Gasteiger partial charge in [0.25, 0.3) is 5.91 Å². The van der Waals surface area contributed by atoms with Crippen molar-refractivity contribution >= 4 is 18.3 Å². The molecule has 2 aromatic heterocycles. The summed E-state index contributed by atoms with van der Waals surface area (Å²) in [5.74, 6) is 0.995. The van der Waals surface area contributed by atoms with Crippen molar-refractivity contribution in [3.8, 4) is 11.5 Å². The van der Waals surface area contributed by atoms with Gasteiger partial charge >= 0.3 is 0 Å². The van der Waals surface area contributed by atoms with Crippen molar-refractivity contribution in [3.63, 3.8) is 0 Å². The number of H-pyrrole nitrogens is 1. The second-order valence-electron chi connectivity index (χ2n) is 5.66. The first-order valence-electron chi connectivity index (χ1n) is 7.29. The zero-order valence-corrected chi connectivity index (χ0v) is 13.3. The Labute approximate surface area is 135 Å². The van der Waals surface area contributed by atoms with E-state index >= 15 is 0 Å². The Kier molecular flexibility index (Phi) is 5.26. The number of nitrogens with two attached hydrogens (primary N) is 1. The van der Waals surface area contributed by atoms with E-state index in [9.17, 15) is 4.79 Å². The summed E-state index contributed by atoms with van der Waals surface area (Å²) < 4.78 is 5.29. The van der Waals surface area contributed by atoms with E-state index in [1.165, 1.54) is 0 Å². The van der Waals surface area contributed by atoms with Crippen LogP contribution < -0.4 is 5.73 Å². The van der Waals surface area contributed by atoms with E-state index in [0.717, 1.165) is 19.4 Å². The van der Waals surface area contributed by atoms with E-state index in [1.807, 2.05) is 17.9 Å². The number of carbonyl (C=O) groups excluding carboxylic acids is 1. The van der Waals surface area contributed by atoms with Crippen LogP contribution in [-0.2, 0) is 0 Å². The summed E-state index contributed by atoms with van der Waals surface area (Å²) in [4.78, 5) is 14.4. The van der Waals surface area contributed by atoms with Crippen molar-refractivity contribution in [1.29, 1.82) is 0 Å². The monoisotopic (exact) mass is 324 g/mol. The first-order chi connectivity index (χ1) is 10.1. The van der Waals surface area contributed by atoms with Crippen LogP contribution >= 0.6 is 12.4 Å². The molecule has 7 heteroatoms. The zero-order valence-electron chi connectivity index (χ0n) is 12.5. The minimum atomic E-state index is -0.0468. The molecular formula is C15H21ClN4O2. The van der Waals surface area contributed by atoms with E-state index in [1.54, 1.807) is 18.4 Å². The Morgan fingerprint density at radius 3 is 3.09 bits per heavy atom. The van der Waals surface area contributed by atoms with Gasteiger partial charge in [0.2, 0.25) is 0 Å². The first kappa shape index (κ1) is 16.6. The molecule has 0 aromatic carbocycles. The largest absolute Gasteiger partial charge is 0.463 e. The molecule has 3 N–H and O–H groups in total. The van der Waals surface area contributed by atoms with Gasteiger partial charge in [0, 0.05) is 25.2 Å². The summed E-state index contributed by atoms with van der Waals surface area (Å²) in [6.45, 7) is 3.48. The third kappa shape index (κ3) is 3.34. The van der Waals surface area contributed by atoms with Gasteiger partial charge in [-0.25, -0.2) is 0 Å². The summed E-state index contributed by atoms with van der Waals surface area (Å²) in [7, 11) is 0. The van der Waals surface area contributed by atoms with E-state index in [2.05, 4.69) is 10.2 Å². The molecule has 3 heterocycles. The highest BCUT2D eigenvalue weighted by Crippen LogP contribution is 2.22. The van der Waals surface area contributed by atoms with Crippen LogP contribution in [0.15, 0.2) is 28.9 Å². The summed E-state index contributed by atoms with van der Waals surface area (Å²) in [5, 5.41) is 6.96. The van der Waals surface area contributed by atoms with Gasteiger partial charge in [0.15, 0.2) is 11.5 Å². The average Bonchev–Trinajstić information content (AvgIpc) is 3.17. The lowest BCUT2D eigenvalue weighted by Crippen LogP contribution is -2.45. The number of nitrogens with one attached hydrogen (secondary N) is 1. The number of nitrogens with zero attached hydrogens (tertiary/aromatic N) is 2. The van der Waals surface area contributed by atoms with Gasteiger partial charge in [-0.15, -0.1) is 12.4 Å². The molecule has 3 rings (SSSR count). The maximum Gasteiger partial charge on any atom is 0.274 e. The van der Waals surface area contributed by atoms with Crippen molar-refractivity contribution in [3.05, 3.63) is 30.2 Å². The Morgan fingerprint density at radius 2 is 2.41 bits per heavy atom. The van der Waals surface area contributed by atoms with Crippen LogP contribution in [0.2, 0.25) is 0 Å². The van der Waals surface area contributed by atoms with Crippen LogP contribution in [0.5, 0.6) is 0 Å². The van der Waals surface area contributed by atoms with E-state index in [0.29, 0.717) is 29.6 Å². The van der Waals surface area contributed by atoms with E-state index in [4.69, 9.17) is 10.2 Å². The minimum Gasteiger partial charge on any atom is -0.463 e. The number of amides is 1. The topological polar surface area (TPSA) is 88.1 Å². The lowest BCUT2D eigenvalue weighted by atomic mass is 9.92. The highest BCUT2D eigenvalue weighted by Gasteiger charge is 2.27. The number of carbonyl (C=O) groups is 1. The van der Waals surface area contributed by atoms with Gasteiger partial charge in [-0.2, -0.15) is 5.10 Å². The number of hydrogen-bond donors (Lipinski definition) is 2. The van der Waals surface area contributed by atoms with Crippen molar-refractivity contribution in [2.45, 2.75) is 25.8 Å². The molecule has 6 nitrogen and oxygen atoms in total. The van der Waals surface area contributed by atoms with Crippen molar-refractivity contribution in [1.82, 2.24) is 15.1 Å². The molecule has 1 saturated heterocycles. The fourth-order valence-corrected chi connectivity index (χ4v) is 2.77. The van der Waals surface area contributed by atoms with Crippen LogP contribution in [0.1, 0.15) is 30.3 Å². The maximum atomic E-state index is 12.5. The van der Waals surface area contributed by atoms with Crippen LogP contribution in [-0.4, -0.2) is 40.1 Å². The van der Waals surface area contributed by atoms with Crippen LogP contribution in [0.3, 0.4) is 0 Å². The van der Waals surface area contributed by atoms with E-state index in [-0.39, 0.29) is 24.4 Å². The Morgan fingerprint density at radius 1 is 1.59 bits per heavy atom. The molecule has 120 valence electrons. The Bertz CT molecular complexity index is 609. The molecule has 0 radical (unpaired) electrons. The predicted molar refractivity (Wildman–Crippen MR) is 85.8 cm³/mol. The van der Waals surface area contributed by atoms with Gasteiger partial charge in [0.05, 0.1) is 6.26 Å². The number of aromatic nitrogens is 2. The molecule has 2 atom stereocenters. The van der Waals surface area contributed by atoms with Gasteiger partial charge in [-0.3, -0.25) is 9.89 Å². The van der Waals surface area contributed by atoms with Gasteiger partial charge < -0.3 is 15.1 Å². The predicted octanol–water partition coefficient (Wildman–Crippen LogP) is 2.29. The van der Waals surface area contributed by atoms with Crippen molar-refractivity contribution < 1.29 is 9.21 Å². The highest BCUT2D eigenvalue weighted by atomic mass is 35.5. The lowest BCUT2D eigenvalue weighted by Gasteiger charge is -2.34. The summed E-state index contributed by atoms with van der Waals surface area (Å²) >= 11 is 0. The second-order valence-corrected chi connectivity index (χ2v) is 5.66. The summed E-state index contributed by atoms with van der Waals surface area (Å²) in [6.07, 6.45) is 3.67. The fraction of sp³-hybridized carbons (Fsp3) is 0.467. The van der Waals surface area contributed by atoms with Crippen LogP contribution in [0.25, 0.3) is 11.5 Å². The number of aromatic amines is 1. The van der Waals surface area contributed by atoms with Crippen molar-refractivity contribution in [2.75, 3.05) is 13.1 Å². The molecule has 1 aliphatic heterocycles. The summed E-state index contributed by atoms with van der Waals surface area (Å²) in [6, 6.07) is 5.47. The molecule has 0 saturated carbocycles. The smallest absolute Gasteiger partial charge is 0.274 e. The van der Waals surface area contributed by atoms with Crippen molar-refractivity contribution in [2.24, 2.45) is 11.7 Å².